The molecule has 0 radical (unpaired) electrons. The van der Waals surface area contributed by atoms with Crippen LogP contribution in [0.15, 0.2) is 30.3 Å². The maximum Gasteiger partial charge on any atom is 0.269 e. The van der Waals surface area contributed by atoms with E-state index in [0.717, 1.165) is 21.5 Å². The largest absolute Gasteiger partial charge is 0.334 e. The van der Waals surface area contributed by atoms with Gasteiger partial charge in [-0.05, 0) is 25.5 Å². The molecule has 0 aliphatic rings. The summed E-state index contributed by atoms with van der Waals surface area (Å²) in [6, 6.07) is 7.96. The summed E-state index contributed by atoms with van der Waals surface area (Å²) < 4.78 is 1.77. The smallest absolute Gasteiger partial charge is 0.269 e. The standard InChI is InChI=1S/C17H18N4O3S/c1-10-14-9-15(25-17(14)20(4)18-10)16(22)19(3)11(2)12-6-5-7-13(8-12)21(23)24/h5-9,11H,1-4H3/t11-/m1/s1. The first-order valence-corrected chi connectivity index (χ1v) is 8.56. The van der Waals surface area contributed by atoms with Gasteiger partial charge in [-0.1, -0.05) is 12.1 Å². The fourth-order valence-electron chi connectivity index (χ4n) is 2.78. The van der Waals surface area contributed by atoms with Crippen LogP contribution >= 0.6 is 11.3 Å². The zero-order chi connectivity index (χ0) is 18.3. The fraction of sp³-hybridized carbons (Fsp3) is 0.294. The number of hydrogen-bond acceptors (Lipinski definition) is 5. The summed E-state index contributed by atoms with van der Waals surface area (Å²) >= 11 is 1.40. The van der Waals surface area contributed by atoms with Crippen LogP contribution < -0.4 is 0 Å². The molecule has 1 amide bonds. The molecule has 130 valence electrons. The summed E-state index contributed by atoms with van der Waals surface area (Å²) in [6.07, 6.45) is 0. The molecule has 0 bridgehead atoms. The normalized spacial score (nSPS) is 12.3. The Hall–Kier alpha value is -2.74. The summed E-state index contributed by atoms with van der Waals surface area (Å²) in [5.41, 5.74) is 1.64. The molecule has 2 aromatic heterocycles. The van der Waals surface area contributed by atoms with E-state index in [9.17, 15) is 14.9 Å². The van der Waals surface area contributed by atoms with E-state index in [0.29, 0.717) is 4.88 Å². The third kappa shape index (κ3) is 3.00. The van der Waals surface area contributed by atoms with E-state index in [2.05, 4.69) is 5.10 Å². The second-order valence-electron chi connectivity index (χ2n) is 5.98. The third-order valence-electron chi connectivity index (χ3n) is 4.37. The lowest BCUT2D eigenvalue weighted by Gasteiger charge is -2.24. The van der Waals surface area contributed by atoms with Gasteiger partial charge in [0.1, 0.15) is 4.83 Å². The highest BCUT2D eigenvalue weighted by molar-refractivity contribution is 7.20. The zero-order valence-corrected chi connectivity index (χ0v) is 15.2. The second kappa shape index (κ2) is 6.29. The molecule has 3 rings (SSSR count). The van der Waals surface area contributed by atoms with Crippen molar-refractivity contribution in [3.05, 3.63) is 56.6 Å². The molecular weight excluding hydrogens is 340 g/mol. The van der Waals surface area contributed by atoms with Crippen molar-refractivity contribution >= 4 is 33.1 Å². The number of carbonyl (C=O) groups excluding carboxylic acids is 1. The maximum atomic E-state index is 12.8. The van der Waals surface area contributed by atoms with Gasteiger partial charge in [0, 0.05) is 31.6 Å². The molecular formula is C17H18N4O3S. The van der Waals surface area contributed by atoms with Crippen molar-refractivity contribution in [2.45, 2.75) is 19.9 Å². The minimum absolute atomic E-state index is 0.0220. The number of nitro groups is 1. The van der Waals surface area contributed by atoms with Crippen molar-refractivity contribution in [3.8, 4) is 0 Å². The highest BCUT2D eigenvalue weighted by Gasteiger charge is 2.23. The molecule has 0 fully saturated rings. The van der Waals surface area contributed by atoms with E-state index in [4.69, 9.17) is 0 Å². The maximum absolute atomic E-state index is 12.8. The summed E-state index contributed by atoms with van der Waals surface area (Å²) in [6.45, 7) is 3.77. The van der Waals surface area contributed by atoms with E-state index in [-0.39, 0.29) is 17.6 Å². The average molecular weight is 358 g/mol. The van der Waals surface area contributed by atoms with Gasteiger partial charge in [0.2, 0.25) is 0 Å². The van der Waals surface area contributed by atoms with E-state index in [1.807, 2.05) is 27.0 Å². The Balaban J connectivity index is 1.89. The fourth-order valence-corrected chi connectivity index (χ4v) is 3.89. The first-order chi connectivity index (χ1) is 11.8. The van der Waals surface area contributed by atoms with Gasteiger partial charge in [-0.15, -0.1) is 11.3 Å². The van der Waals surface area contributed by atoms with Crippen LogP contribution in [0.2, 0.25) is 0 Å². The molecule has 0 saturated heterocycles. The van der Waals surface area contributed by atoms with Gasteiger partial charge in [-0.3, -0.25) is 19.6 Å². The number of nitro benzene ring substituents is 1. The van der Waals surface area contributed by atoms with E-state index >= 15 is 0 Å². The first kappa shape index (κ1) is 17.1. The number of aryl methyl sites for hydroxylation is 2. The lowest BCUT2D eigenvalue weighted by atomic mass is 10.1. The lowest BCUT2D eigenvalue weighted by Crippen LogP contribution is -2.29. The monoisotopic (exact) mass is 358 g/mol. The van der Waals surface area contributed by atoms with Gasteiger partial charge in [0.15, 0.2) is 0 Å². The molecule has 7 nitrogen and oxygen atoms in total. The highest BCUT2D eigenvalue weighted by Crippen LogP contribution is 2.30. The lowest BCUT2D eigenvalue weighted by molar-refractivity contribution is -0.384. The van der Waals surface area contributed by atoms with Crippen LogP contribution in [-0.4, -0.2) is 32.6 Å². The Labute approximate surface area is 148 Å². The Morgan fingerprint density at radius 3 is 2.76 bits per heavy atom. The summed E-state index contributed by atoms with van der Waals surface area (Å²) in [5.74, 6) is -0.111. The Morgan fingerprint density at radius 2 is 2.12 bits per heavy atom. The minimum Gasteiger partial charge on any atom is -0.334 e. The third-order valence-corrected chi connectivity index (χ3v) is 5.56. The van der Waals surface area contributed by atoms with Crippen LogP contribution in [-0.2, 0) is 7.05 Å². The van der Waals surface area contributed by atoms with Crippen LogP contribution in [0, 0.1) is 17.0 Å². The number of benzene rings is 1. The van der Waals surface area contributed by atoms with Crippen molar-refractivity contribution in [2.24, 2.45) is 7.05 Å². The Kier molecular flexibility index (Phi) is 4.30. The predicted molar refractivity (Wildman–Crippen MR) is 96.9 cm³/mol. The topological polar surface area (TPSA) is 81.3 Å². The molecule has 0 spiro atoms. The molecule has 2 heterocycles. The number of non-ortho nitro benzene ring substituents is 1. The number of thiophene rings is 1. The van der Waals surface area contributed by atoms with E-state index in [1.54, 1.807) is 28.8 Å². The van der Waals surface area contributed by atoms with Gasteiger partial charge in [-0.2, -0.15) is 5.10 Å². The van der Waals surface area contributed by atoms with Gasteiger partial charge in [0.25, 0.3) is 11.6 Å². The molecule has 0 unspecified atom stereocenters. The molecule has 3 aromatic rings. The minimum atomic E-state index is -0.431. The Morgan fingerprint density at radius 1 is 1.40 bits per heavy atom. The number of fused-ring (bicyclic) bond motifs is 1. The number of amides is 1. The zero-order valence-electron chi connectivity index (χ0n) is 14.4. The van der Waals surface area contributed by atoms with Crippen LogP contribution in [0.25, 0.3) is 10.2 Å². The van der Waals surface area contributed by atoms with Gasteiger partial charge in [0.05, 0.1) is 21.5 Å². The van der Waals surface area contributed by atoms with Crippen molar-refractivity contribution in [1.82, 2.24) is 14.7 Å². The number of aromatic nitrogens is 2. The summed E-state index contributed by atoms with van der Waals surface area (Å²) in [7, 11) is 3.57. The molecule has 1 atom stereocenters. The SMILES string of the molecule is Cc1nn(C)c2sc(C(=O)N(C)[C@H](C)c3cccc([N+](=O)[O-])c3)cc12. The summed E-state index contributed by atoms with van der Waals surface area (Å²) in [4.78, 5) is 26.6. The number of hydrogen-bond donors (Lipinski definition) is 0. The molecule has 0 aliphatic carbocycles. The average Bonchev–Trinajstić information content (AvgIpc) is 3.15. The molecule has 0 N–H and O–H groups in total. The number of carbonyl (C=O) groups is 1. The Bertz CT molecular complexity index is 941. The molecule has 0 aliphatic heterocycles. The van der Waals surface area contributed by atoms with Gasteiger partial charge in [-0.25, -0.2) is 0 Å². The molecule has 25 heavy (non-hydrogen) atoms. The van der Waals surface area contributed by atoms with Crippen molar-refractivity contribution < 1.29 is 9.72 Å². The van der Waals surface area contributed by atoms with Crippen LogP contribution in [0.1, 0.15) is 33.9 Å². The first-order valence-electron chi connectivity index (χ1n) is 7.74. The van der Waals surface area contributed by atoms with Crippen LogP contribution in [0.3, 0.4) is 0 Å². The van der Waals surface area contributed by atoms with Crippen molar-refractivity contribution in [2.75, 3.05) is 7.05 Å². The number of rotatable bonds is 4. The predicted octanol–water partition coefficient (Wildman–Crippen LogP) is 3.68. The number of nitrogens with zero attached hydrogens (tertiary/aromatic N) is 4. The molecule has 1 aromatic carbocycles. The van der Waals surface area contributed by atoms with Crippen LogP contribution in [0.5, 0.6) is 0 Å². The van der Waals surface area contributed by atoms with Crippen LogP contribution in [0.4, 0.5) is 5.69 Å². The highest BCUT2D eigenvalue weighted by atomic mass is 32.1. The quantitative estimate of drug-likeness (QED) is 0.526. The van der Waals surface area contributed by atoms with Gasteiger partial charge < -0.3 is 4.90 Å². The second-order valence-corrected chi connectivity index (χ2v) is 7.01. The van der Waals surface area contributed by atoms with Crippen molar-refractivity contribution in [3.63, 3.8) is 0 Å². The molecule has 8 heteroatoms. The molecule has 0 saturated carbocycles. The van der Waals surface area contributed by atoms with E-state index < -0.39 is 4.92 Å². The summed E-state index contributed by atoms with van der Waals surface area (Å²) in [5, 5.41) is 16.3. The van der Waals surface area contributed by atoms with E-state index in [1.165, 1.54) is 23.5 Å². The van der Waals surface area contributed by atoms with Crippen molar-refractivity contribution in [1.29, 1.82) is 0 Å². The van der Waals surface area contributed by atoms with Gasteiger partial charge >= 0.3 is 0 Å².